The van der Waals surface area contributed by atoms with Gasteiger partial charge in [0.2, 0.25) is 5.89 Å². The summed E-state index contributed by atoms with van der Waals surface area (Å²) >= 11 is 0. The normalized spacial score (nSPS) is 13.4. The Morgan fingerprint density at radius 3 is 2.34 bits per heavy atom. The molecule has 176 valence electrons. The quantitative estimate of drug-likeness (QED) is 0.404. The molecule has 0 spiro atoms. The lowest BCUT2D eigenvalue weighted by Gasteiger charge is -2.26. The summed E-state index contributed by atoms with van der Waals surface area (Å²) in [5, 5.41) is 2.97. The molecule has 0 radical (unpaired) electrons. The Hall–Kier alpha value is -4.19. The topological polar surface area (TPSA) is 75.4 Å². The molecule has 6 nitrogen and oxygen atoms in total. The van der Waals surface area contributed by atoms with Gasteiger partial charge < -0.3 is 14.6 Å². The monoisotopic (exact) mass is 465 g/mol. The highest BCUT2D eigenvalue weighted by Gasteiger charge is 2.19. The van der Waals surface area contributed by atoms with E-state index in [4.69, 9.17) is 4.42 Å². The van der Waals surface area contributed by atoms with Crippen molar-refractivity contribution in [2.75, 3.05) is 13.1 Å². The Labute approximate surface area is 204 Å². The minimum absolute atomic E-state index is 0.0787. The number of oxazole rings is 1. The van der Waals surface area contributed by atoms with Gasteiger partial charge in [0.1, 0.15) is 0 Å². The van der Waals surface area contributed by atoms with Gasteiger partial charge in [0.25, 0.3) is 11.8 Å². The second kappa shape index (κ2) is 10.4. The Morgan fingerprint density at radius 2 is 1.57 bits per heavy atom. The largest absolute Gasteiger partial charge is 0.436 e. The zero-order chi connectivity index (χ0) is 24.0. The maximum absolute atomic E-state index is 13.0. The highest BCUT2D eigenvalue weighted by molar-refractivity contribution is 6.00. The predicted octanol–water partition coefficient (Wildman–Crippen LogP) is 5.56. The molecule has 0 atom stereocenters. The third-order valence-electron chi connectivity index (χ3n) is 6.26. The average molecular weight is 466 g/mol. The van der Waals surface area contributed by atoms with E-state index in [1.165, 1.54) is 6.42 Å². The zero-order valence-electron chi connectivity index (χ0n) is 19.4. The third-order valence-corrected chi connectivity index (χ3v) is 6.26. The van der Waals surface area contributed by atoms with Crippen molar-refractivity contribution in [1.82, 2.24) is 15.2 Å². The molecule has 1 aromatic heterocycles. The van der Waals surface area contributed by atoms with Gasteiger partial charge in [0, 0.05) is 36.3 Å². The SMILES string of the molecule is O=C(NCc1ccc(C(=O)N2CCCCC2)cc1)c1ccccc1-c1ncc(-c2ccccc2)o1. The molecule has 2 amide bonds. The second-order valence-electron chi connectivity index (χ2n) is 8.67. The van der Waals surface area contributed by atoms with Crippen LogP contribution < -0.4 is 5.32 Å². The average Bonchev–Trinajstić information content (AvgIpc) is 3.43. The van der Waals surface area contributed by atoms with Gasteiger partial charge in [0.15, 0.2) is 5.76 Å². The van der Waals surface area contributed by atoms with Crippen molar-refractivity contribution in [3.8, 4) is 22.8 Å². The number of carbonyl (C=O) groups excluding carboxylic acids is 2. The van der Waals surface area contributed by atoms with E-state index in [-0.39, 0.29) is 11.8 Å². The fourth-order valence-electron chi connectivity index (χ4n) is 4.32. The first-order chi connectivity index (χ1) is 17.2. The summed E-state index contributed by atoms with van der Waals surface area (Å²) in [6.45, 7) is 2.01. The second-order valence-corrected chi connectivity index (χ2v) is 8.67. The third kappa shape index (κ3) is 5.17. The van der Waals surface area contributed by atoms with E-state index in [1.54, 1.807) is 12.3 Å². The van der Waals surface area contributed by atoms with Crippen molar-refractivity contribution in [2.24, 2.45) is 0 Å². The number of likely N-dealkylation sites (tertiary alicyclic amines) is 1. The van der Waals surface area contributed by atoms with Gasteiger partial charge in [-0.3, -0.25) is 9.59 Å². The molecule has 1 fully saturated rings. The molecule has 6 heteroatoms. The minimum atomic E-state index is -0.214. The summed E-state index contributed by atoms with van der Waals surface area (Å²) < 4.78 is 5.97. The summed E-state index contributed by atoms with van der Waals surface area (Å²) in [7, 11) is 0. The van der Waals surface area contributed by atoms with Crippen LogP contribution in [-0.4, -0.2) is 34.8 Å². The summed E-state index contributed by atoms with van der Waals surface area (Å²) in [6.07, 6.45) is 5.00. The first-order valence-corrected chi connectivity index (χ1v) is 12.0. The van der Waals surface area contributed by atoms with Crippen LogP contribution in [0.1, 0.15) is 45.5 Å². The van der Waals surface area contributed by atoms with Crippen LogP contribution in [0.5, 0.6) is 0 Å². The molecule has 0 aliphatic carbocycles. The summed E-state index contributed by atoms with van der Waals surface area (Å²) in [4.78, 5) is 32.0. The number of nitrogens with one attached hydrogen (secondary N) is 1. The van der Waals surface area contributed by atoms with E-state index in [0.29, 0.717) is 34.9 Å². The Morgan fingerprint density at radius 1 is 0.857 bits per heavy atom. The molecule has 1 N–H and O–H groups in total. The van der Waals surface area contributed by atoms with E-state index in [1.807, 2.05) is 77.7 Å². The van der Waals surface area contributed by atoms with Crippen LogP contribution in [0, 0.1) is 0 Å². The van der Waals surface area contributed by atoms with E-state index in [0.717, 1.165) is 37.1 Å². The molecule has 0 unspecified atom stereocenters. The molecule has 5 rings (SSSR count). The number of nitrogens with zero attached hydrogens (tertiary/aromatic N) is 2. The van der Waals surface area contributed by atoms with Gasteiger partial charge in [-0.2, -0.15) is 0 Å². The maximum atomic E-state index is 13.0. The van der Waals surface area contributed by atoms with Crippen LogP contribution in [-0.2, 0) is 6.54 Å². The number of hydrogen-bond donors (Lipinski definition) is 1. The van der Waals surface area contributed by atoms with E-state index < -0.39 is 0 Å². The number of aromatic nitrogens is 1. The highest BCUT2D eigenvalue weighted by atomic mass is 16.4. The van der Waals surface area contributed by atoms with Crippen LogP contribution in [0.4, 0.5) is 0 Å². The van der Waals surface area contributed by atoms with Crippen molar-refractivity contribution >= 4 is 11.8 Å². The molecule has 1 aliphatic heterocycles. The minimum Gasteiger partial charge on any atom is -0.436 e. The van der Waals surface area contributed by atoms with Crippen LogP contribution in [0.15, 0.2) is 89.5 Å². The van der Waals surface area contributed by atoms with Crippen molar-refractivity contribution in [2.45, 2.75) is 25.8 Å². The number of amides is 2. The van der Waals surface area contributed by atoms with Gasteiger partial charge in [-0.25, -0.2) is 4.98 Å². The van der Waals surface area contributed by atoms with Gasteiger partial charge in [-0.15, -0.1) is 0 Å². The lowest BCUT2D eigenvalue weighted by atomic mass is 10.1. The maximum Gasteiger partial charge on any atom is 0.253 e. The number of benzene rings is 3. The fraction of sp³-hybridized carbons (Fsp3) is 0.207. The number of piperidine rings is 1. The fourth-order valence-corrected chi connectivity index (χ4v) is 4.32. The van der Waals surface area contributed by atoms with E-state index >= 15 is 0 Å². The smallest absolute Gasteiger partial charge is 0.253 e. The number of rotatable bonds is 6. The molecule has 1 aliphatic rings. The van der Waals surface area contributed by atoms with Crippen LogP contribution in [0.2, 0.25) is 0 Å². The molecule has 1 saturated heterocycles. The van der Waals surface area contributed by atoms with Crippen LogP contribution >= 0.6 is 0 Å². The molecular weight excluding hydrogens is 438 g/mol. The Bertz CT molecular complexity index is 1310. The van der Waals surface area contributed by atoms with E-state index in [9.17, 15) is 9.59 Å². The molecule has 3 aromatic carbocycles. The lowest BCUT2D eigenvalue weighted by molar-refractivity contribution is 0.0724. The van der Waals surface area contributed by atoms with Gasteiger partial charge >= 0.3 is 0 Å². The van der Waals surface area contributed by atoms with Gasteiger partial charge in [-0.05, 0) is 49.1 Å². The molecule has 0 bridgehead atoms. The van der Waals surface area contributed by atoms with Crippen molar-refractivity contribution in [1.29, 1.82) is 0 Å². The van der Waals surface area contributed by atoms with Gasteiger partial charge in [-0.1, -0.05) is 54.6 Å². The molecule has 2 heterocycles. The van der Waals surface area contributed by atoms with Crippen LogP contribution in [0.25, 0.3) is 22.8 Å². The van der Waals surface area contributed by atoms with Crippen molar-refractivity contribution in [3.05, 3.63) is 102 Å². The lowest BCUT2D eigenvalue weighted by Crippen LogP contribution is -2.35. The number of carbonyl (C=O) groups is 2. The zero-order valence-corrected chi connectivity index (χ0v) is 19.4. The first-order valence-electron chi connectivity index (χ1n) is 12.0. The Balaban J connectivity index is 1.26. The summed E-state index contributed by atoms with van der Waals surface area (Å²) in [5.41, 5.74) is 3.66. The molecule has 35 heavy (non-hydrogen) atoms. The van der Waals surface area contributed by atoms with Crippen molar-refractivity contribution in [3.63, 3.8) is 0 Å². The number of hydrogen-bond acceptors (Lipinski definition) is 4. The molecule has 0 saturated carbocycles. The van der Waals surface area contributed by atoms with E-state index in [2.05, 4.69) is 10.3 Å². The Kier molecular flexibility index (Phi) is 6.70. The summed E-state index contributed by atoms with van der Waals surface area (Å²) in [5.74, 6) is 0.911. The standard InChI is InChI=1S/C29H27N3O3/c33-27(30-19-21-13-15-23(16-14-21)29(34)32-17-7-2-8-18-32)24-11-5-6-12-25(24)28-31-20-26(35-28)22-9-3-1-4-10-22/h1,3-6,9-16,20H,2,7-8,17-19H2,(H,30,33). The molecular formula is C29H27N3O3. The van der Waals surface area contributed by atoms with Crippen molar-refractivity contribution < 1.29 is 14.0 Å². The highest BCUT2D eigenvalue weighted by Crippen LogP contribution is 2.28. The summed E-state index contributed by atoms with van der Waals surface area (Å²) in [6, 6.07) is 24.5. The van der Waals surface area contributed by atoms with Gasteiger partial charge in [0.05, 0.1) is 11.8 Å². The predicted molar refractivity (Wildman–Crippen MR) is 135 cm³/mol. The molecule has 4 aromatic rings. The van der Waals surface area contributed by atoms with Crippen LogP contribution in [0.3, 0.4) is 0 Å². The first kappa shape index (κ1) is 22.6.